The smallest absolute Gasteiger partial charge is 0.192 e. The van der Waals surface area contributed by atoms with Gasteiger partial charge >= 0.3 is 0 Å². The Morgan fingerprint density at radius 1 is 1.55 bits per heavy atom. The van der Waals surface area contributed by atoms with E-state index < -0.39 is 0 Å². The molecule has 0 fully saturated rings. The molecule has 0 bridgehead atoms. The second-order valence-electron chi connectivity index (χ2n) is 1.85. The fraction of sp³-hybridized carbons (Fsp3) is 0. The third kappa shape index (κ3) is 0.712. The highest BCUT2D eigenvalue weighted by atomic mass is 15.6. The Labute approximate surface area is 61.1 Å². The second-order valence-corrected chi connectivity index (χ2v) is 1.85. The van der Waals surface area contributed by atoms with E-state index in [2.05, 4.69) is 20.6 Å². The molecule has 2 rings (SSSR count). The largest absolute Gasteiger partial charge is 0.217 e. The zero-order valence-electron chi connectivity index (χ0n) is 5.34. The van der Waals surface area contributed by atoms with E-state index in [0.717, 1.165) is 0 Å². The van der Waals surface area contributed by atoms with Crippen LogP contribution in [0.4, 0.5) is 0 Å². The summed E-state index contributed by atoms with van der Waals surface area (Å²) in [5, 5.41) is 22.8. The van der Waals surface area contributed by atoms with E-state index >= 15 is 0 Å². The van der Waals surface area contributed by atoms with Gasteiger partial charge in [0.15, 0.2) is 0 Å². The molecule has 11 heavy (non-hydrogen) atoms. The zero-order valence-corrected chi connectivity index (χ0v) is 5.34. The molecule has 6 heteroatoms. The first-order chi connectivity index (χ1) is 5.42. The van der Waals surface area contributed by atoms with Gasteiger partial charge in [-0.1, -0.05) is 0 Å². The molecular formula is C5H2N6. The highest BCUT2D eigenvalue weighted by Crippen LogP contribution is 2.00. The molecule has 0 atom stereocenters. The minimum atomic E-state index is 0.384. The topological polar surface area (TPSA) is 79.8 Å². The number of fused-ring (bicyclic) bond motifs is 1. The maximum Gasteiger partial charge on any atom is 0.217 e. The highest BCUT2D eigenvalue weighted by Gasteiger charge is 2.02. The van der Waals surface area contributed by atoms with E-state index in [9.17, 15) is 0 Å². The van der Waals surface area contributed by atoms with E-state index in [1.807, 2.05) is 6.07 Å². The van der Waals surface area contributed by atoms with Crippen molar-refractivity contribution in [3.05, 3.63) is 17.8 Å². The lowest BCUT2D eigenvalue weighted by molar-refractivity contribution is 0.732. The summed E-state index contributed by atoms with van der Waals surface area (Å²) in [5.74, 6) is 0. The third-order valence-corrected chi connectivity index (χ3v) is 1.23. The van der Waals surface area contributed by atoms with Gasteiger partial charge in [-0.05, 0) is 16.5 Å². The van der Waals surface area contributed by atoms with Crippen LogP contribution >= 0.6 is 0 Å². The first kappa shape index (κ1) is 5.73. The molecular weight excluding hydrogens is 144 g/mol. The van der Waals surface area contributed by atoms with Crippen LogP contribution in [-0.2, 0) is 0 Å². The molecule has 2 heterocycles. The Balaban J connectivity index is 2.92. The number of rotatable bonds is 0. The van der Waals surface area contributed by atoms with Crippen LogP contribution in [0, 0.1) is 11.3 Å². The fourth-order valence-electron chi connectivity index (χ4n) is 0.755. The molecule has 0 amide bonds. The van der Waals surface area contributed by atoms with Gasteiger partial charge in [0.25, 0.3) is 0 Å². The Kier molecular flexibility index (Phi) is 1.03. The predicted molar refractivity (Wildman–Crippen MR) is 33.3 cm³/mol. The first-order valence-corrected chi connectivity index (χ1v) is 2.85. The normalized spacial score (nSPS) is 9.73. The lowest BCUT2D eigenvalue weighted by Gasteiger charge is -1.87. The molecule has 0 saturated heterocycles. The van der Waals surface area contributed by atoms with Crippen molar-refractivity contribution in [2.75, 3.05) is 0 Å². The van der Waals surface area contributed by atoms with Gasteiger partial charge in [-0.3, -0.25) is 0 Å². The summed E-state index contributed by atoms with van der Waals surface area (Å²) < 4.78 is 1.21. The number of aromatic nitrogens is 5. The molecule has 0 aliphatic rings. The van der Waals surface area contributed by atoms with Crippen molar-refractivity contribution in [1.82, 2.24) is 25.3 Å². The van der Waals surface area contributed by atoms with Crippen LogP contribution in [0.3, 0.4) is 0 Å². The predicted octanol–water partition coefficient (Wildman–Crippen LogP) is -0.609. The molecule has 0 spiro atoms. The third-order valence-electron chi connectivity index (χ3n) is 1.23. The van der Waals surface area contributed by atoms with Crippen LogP contribution in [0.5, 0.6) is 0 Å². The number of tetrazole rings is 1. The van der Waals surface area contributed by atoms with E-state index in [1.165, 1.54) is 10.8 Å². The summed E-state index contributed by atoms with van der Waals surface area (Å²) in [6.45, 7) is 0. The van der Waals surface area contributed by atoms with Gasteiger partial charge in [-0.25, -0.2) is 0 Å². The van der Waals surface area contributed by atoms with Gasteiger partial charge < -0.3 is 0 Å². The van der Waals surface area contributed by atoms with Gasteiger partial charge in [-0.2, -0.15) is 10.4 Å². The second kappa shape index (κ2) is 1.98. The number of nitriles is 1. The van der Waals surface area contributed by atoms with Gasteiger partial charge in [0.05, 0.1) is 6.20 Å². The monoisotopic (exact) mass is 146 g/mol. The summed E-state index contributed by atoms with van der Waals surface area (Å²) in [4.78, 5) is 0. The van der Waals surface area contributed by atoms with E-state index in [4.69, 9.17) is 5.26 Å². The van der Waals surface area contributed by atoms with E-state index in [1.54, 1.807) is 6.07 Å². The highest BCUT2D eigenvalue weighted by molar-refractivity contribution is 5.51. The maximum absolute atomic E-state index is 8.57. The molecule has 0 saturated carbocycles. The van der Waals surface area contributed by atoms with Crippen molar-refractivity contribution >= 4 is 5.65 Å². The molecule has 6 nitrogen and oxygen atoms in total. The molecule has 0 unspecified atom stereocenters. The molecule has 0 aliphatic carbocycles. The summed E-state index contributed by atoms with van der Waals surface area (Å²) in [7, 11) is 0. The summed E-state index contributed by atoms with van der Waals surface area (Å²) in [6.07, 6.45) is 1.47. The van der Waals surface area contributed by atoms with Crippen molar-refractivity contribution < 1.29 is 0 Å². The van der Waals surface area contributed by atoms with Gasteiger partial charge in [0.2, 0.25) is 5.65 Å². The number of nitrogens with zero attached hydrogens (tertiary/aromatic N) is 6. The van der Waals surface area contributed by atoms with Gasteiger partial charge in [0.1, 0.15) is 11.6 Å². The van der Waals surface area contributed by atoms with Gasteiger partial charge in [0, 0.05) is 0 Å². The van der Waals surface area contributed by atoms with Crippen LogP contribution in [0.15, 0.2) is 12.3 Å². The Bertz CT molecular complexity index is 424. The van der Waals surface area contributed by atoms with Crippen LogP contribution in [-0.4, -0.2) is 25.3 Å². The lowest BCUT2D eigenvalue weighted by Crippen LogP contribution is -1.94. The molecule has 0 aliphatic heterocycles. The Morgan fingerprint density at radius 3 is 3.27 bits per heavy atom. The van der Waals surface area contributed by atoms with Crippen molar-refractivity contribution in [2.24, 2.45) is 0 Å². The average molecular weight is 146 g/mol. The Morgan fingerprint density at radius 2 is 2.45 bits per heavy atom. The fourth-order valence-corrected chi connectivity index (χ4v) is 0.755. The van der Waals surface area contributed by atoms with Crippen LogP contribution in [0.2, 0.25) is 0 Å². The quantitative estimate of drug-likeness (QED) is 0.495. The zero-order chi connectivity index (χ0) is 7.68. The van der Waals surface area contributed by atoms with Gasteiger partial charge in [-0.15, -0.1) is 9.73 Å². The van der Waals surface area contributed by atoms with E-state index in [-0.39, 0.29) is 0 Å². The lowest BCUT2D eigenvalue weighted by atomic mass is 10.3. The summed E-state index contributed by atoms with van der Waals surface area (Å²) in [5.41, 5.74) is 0.806. The van der Waals surface area contributed by atoms with Crippen LogP contribution < -0.4 is 0 Å². The first-order valence-electron chi connectivity index (χ1n) is 2.85. The van der Waals surface area contributed by atoms with Crippen molar-refractivity contribution in [3.8, 4) is 6.07 Å². The standard InChI is InChI=1S/C5H2N6/c6-3-4-1-2-7-11-5(4)8-9-10-11/h1-2H. The average Bonchev–Trinajstić information content (AvgIpc) is 2.50. The molecule has 0 N–H and O–H groups in total. The molecule has 2 aromatic heterocycles. The maximum atomic E-state index is 8.57. The van der Waals surface area contributed by atoms with Crippen molar-refractivity contribution in [2.45, 2.75) is 0 Å². The SMILES string of the molecule is N#Cc1ccnn2nnnc12. The van der Waals surface area contributed by atoms with Crippen LogP contribution in [0.25, 0.3) is 5.65 Å². The summed E-state index contributed by atoms with van der Waals surface area (Å²) in [6, 6.07) is 3.51. The minimum absolute atomic E-state index is 0.384. The van der Waals surface area contributed by atoms with Crippen molar-refractivity contribution in [3.63, 3.8) is 0 Å². The number of hydrogen-bond donors (Lipinski definition) is 0. The minimum Gasteiger partial charge on any atom is -0.192 e. The summed E-state index contributed by atoms with van der Waals surface area (Å²) >= 11 is 0. The Hall–Kier alpha value is -2.03. The van der Waals surface area contributed by atoms with Crippen LogP contribution in [0.1, 0.15) is 5.56 Å². The molecule has 2 aromatic rings. The molecule has 0 radical (unpaired) electrons. The number of hydrogen-bond acceptors (Lipinski definition) is 5. The molecule has 0 aromatic carbocycles. The van der Waals surface area contributed by atoms with E-state index in [0.29, 0.717) is 11.2 Å². The molecule has 52 valence electrons. The van der Waals surface area contributed by atoms with Crippen molar-refractivity contribution in [1.29, 1.82) is 5.26 Å².